The first-order valence-corrected chi connectivity index (χ1v) is 6.63. The number of rotatable bonds is 2. The molecule has 1 saturated heterocycles. The Balaban J connectivity index is 2.13. The molecule has 0 radical (unpaired) electrons. The monoisotopic (exact) mass is 249 g/mol. The molecule has 2 nitrogen and oxygen atoms in total. The molecule has 0 N–H and O–H groups in total. The number of benzene rings is 1. The van der Waals surface area contributed by atoms with Crippen LogP contribution in [0.2, 0.25) is 0 Å². The second kappa shape index (κ2) is 5.13. The van der Waals surface area contributed by atoms with Gasteiger partial charge in [-0.2, -0.15) is 12.6 Å². The van der Waals surface area contributed by atoms with E-state index in [0.29, 0.717) is 5.92 Å². The van der Waals surface area contributed by atoms with Gasteiger partial charge in [-0.3, -0.25) is 4.79 Å². The molecule has 1 heterocycles. The molecule has 17 heavy (non-hydrogen) atoms. The second-order valence-corrected chi connectivity index (χ2v) is 5.57. The van der Waals surface area contributed by atoms with Gasteiger partial charge in [-0.1, -0.05) is 24.3 Å². The zero-order valence-corrected chi connectivity index (χ0v) is 11.3. The molecular weight excluding hydrogens is 230 g/mol. The summed E-state index contributed by atoms with van der Waals surface area (Å²) in [6.07, 6.45) is 1.07. The van der Waals surface area contributed by atoms with Crippen molar-refractivity contribution in [2.75, 3.05) is 13.1 Å². The van der Waals surface area contributed by atoms with Crippen molar-refractivity contribution in [3.8, 4) is 0 Å². The summed E-state index contributed by atoms with van der Waals surface area (Å²) in [5, 5.41) is 0.264. The van der Waals surface area contributed by atoms with Gasteiger partial charge in [-0.15, -0.1) is 0 Å². The molecule has 0 saturated carbocycles. The lowest BCUT2D eigenvalue weighted by Crippen LogP contribution is -2.25. The Kier molecular flexibility index (Phi) is 3.77. The Morgan fingerprint density at radius 3 is 2.88 bits per heavy atom. The van der Waals surface area contributed by atoms with Crippen LogP contribution < -0.4 is 0 Å². The summed E-state index contributed by atoms with van der Waals surface area (Å²) in [5.41, 5.74) is 2.60. The Morgan fingerprint density at radius 2 is 2.29 bits per heavy atom. The van der Waals surface area contributed by atoms with Gasteiger partial charge in [0.2, 0.25) is 5.91 Å². The van der Waals surface area contributed by atoms with Crippen LogP contribution in [0.1, 0.15) is 42.6 Å². The van der Waals surface area contributed by atoms with E-state index < -0.39 is 0 Å². The summed E-state index contributed by atoms with van der Waals surface area (Å²) >= 11 is 4.46. The average Bonchev–Trinajstić information content (AvgIpc) is 2.78. The van der Waals surface area contributed by atoms with Crippen molar-refractivity contribution in [3.63, 3.8) is 0 Å². The van der Waals surface area contributed by atoms with Gasteiger partial charge in [0.1, 0.15) is 0 Å². The van der Waals surface area contributed by atoms with Crippen molar-refractivity contribution in [1.29, 1.82) is 0 Å². The molecule has 3 heteroatoms. The summed E-state index contributed by atoms with van der Waals surface area (Å²) in [5.74, 6) is 0.678. The van der Waals surface area contributed by atoms with Gasteiger partial charge < -0.3 is 4.90 Å². The molecule has 1 amide bonds. The molecule has 92 valence electrons. The minimum atomic E-state index is 0.186. The molecule has 0 aliphatic carbocycles. The van der Waals surface area contributed by atoms with Gasteiger partial charge in [0.05, 0.1) is 0 Å². The van der Waals surface area contributed by atoms with Crippen LogP contribution in [-0.4, -0.2) is 23.9 Å². The predicted molar refractivity (Wildman–Crippen MR) is 73.5 cm³/mol. The molecule has 1 aromatic carbocycles. The van der Waals surface area contributed by atoms with Crippen molar-refractivity contribution in [3.05, 3.63) is 35.4 Å². The zero-order chi connectivity index (χ0) is 12.4. The van der Waals surface area contributed by atoms with Gasteiger partial charge in [-0.05, 0) is 24.5 Å². The van der Waals surface area contributed by atoms with Crippen LogP contribution in [0.15, 0.2) is 24.3 Å². The van der Waals surface area contributed by atoms with Gasteiger partial charge in [-0.25, -0.2) is 0 Å². The molecule has 1 aliphatic rings. The third-order valence-corrected chi connectivity index (χ3v) is 3.80. The Labute approximate surface area is 108 Å². The maximum absolute atomic E-state index is 11.3. The fourth-order valence-electron chi connectivity index (χ4n) is 2.39. The Hall–Kier alpha value is -0.960. The molecule has 0 aromatic heterocycles. The van der Waals surface area contributed by atoms with Crippen LogP contribution in [0, 0.1) is 0 Å². The smallest absolute Gasteiger partial charge is 0.219 e. The third-order valence-electron chi connectivity index (χ3n) is 3.50. The van der Waals surface area contributed by atoms with Crippen LogP contribution in [0.3, 0.4) is 0 Å². The molecule has 2 atom stereocenters. The summed E-state index contributed by atoms with van der Waals surface area (Å²) in [7, 11) is 0. The summed E-state index contributed by atoms with van der Waals surface area (Å²) in [6.45, 7) is 5.48. The van der Waals surface area contributed by atoms with Crippen LogP contribution in [0.5, 0.6) is 0 Å². The Bertz CT molecular complexity index is 416. The van der Waals surface area contributed by atoms with E-state index in [1.165, 1.54) is 11.1 Å². The van der Waals surface area contributed by atoms with Crippen molar-refractivity contribution in [2.24, 2.45) is 0 Å². The van der Waals surface area contributed by atoms with E-state index >= 15 is 0 Å². The first-order valence-electron chi connectivity index (χ1n) is 6.11. The summed E-state index contributed by atoms with van der Waals surface area (Å²) in [6, 6.07) is 8.59. The van der Waals surface area contributed by atoms with E-state index in [-0.39, 0.29) is 11.2 Å². The standard InChI is InChI=1S/C14H19NOS/c1-10(17)12-4-3-5-13(8-12)14-6-7-15(9-14)11(2)16/h3-5,8,10,14,17H,6-7,9H2,1-2H3/t10-,14?/m1/s1. The highest BCUT2D eigenvalue weighted by molar-refractivity contribution is 7.80. The largest absolute Gasteiger partial charge is 0.342 e. The minimum Gasteiger partial charge on any atom is -0.342 e. The van der Waals surface area contributed by atoms with Crippen molar-refractivity contribution < 1.29 is 4.79 Å². The molecule has 0 bridgehead atoms. The zero-order valence-electron chi connectivity index (χ0n) is 10.4. The SMILES string of the molecule is CC(=O)N1CCC(c2cccc([C@@H](C)S)c2)C1. The second-order valence-electron chi connectivity index (χ2n) is 4.80. The van der Waals surface area contributed by atoms with Crippen molar-refractivity contribution in [2.45, 2.75) is 31.4 Å². The van der Waals surface area contributed by atoms with Crippen molar-refractivity contribution in [1.82, 2.24) is 4.90 Å². The maximum atomic E-state index is 11.3. The van der Waals surface area contributed by atoms with Gasteiger partial charge in [0.15, 0.2) is 0 Å². The number of amides is 1. The fraction of sp³-hybridized carbons (Fsp3) is 0.500. The third kappa shape index (κ3) is 2.83. The maximum Gasteiger partial charge on any atom is 0.219 e. The van der Waals surface area contributed by atoms with E-state index in [4.69, 9.17) is 0 Å². The van der Waals surface area contributed by atoms with Crippen LogP contribution in [-0.2, 0) is 4.79 Å². The number of likely N-dealkylation sites (tertiary alicyclic amines) is 1. The molecular formula is C14H19NOS. The Morgan fingerprint density at radius 1 is 1.53 bits per heavy atom. The lowest BCUT2D eigenvalue weighted by atomic mass is 9.96. The molecule has 0 spiro atoms. The topological polar surface area (TPSA) is 20.3 Å². The van der Waals surface area contributed by atoms with E-state index in [9.17, 15) is 4.79 Å². The number of carbonyl (C=O) groups is 1. The summed E-state index contributed by atoms with van der Waals surface area (Å²) < 4.78 is 0. The van der Waals surface area contributed by atoms with E-state index in [0.717, 1.165) is 19.5 Å². The molecule has 1 fully saturated rings. The fourth-order valence-corrected chi connectivity index (χ4v) is 2.55. The number of nitrogens with zero attached hydrogens (tertiary/aromatic N) is 1. The highest BCUT2D eigenvalue weighted by Gasteiger charge is 2.25. The number of hydrogen-bond donors (Lipinski definition) is 1. The van der Waals surface area contributed by atoms with E-state index in [2.05, 4.69) is 43.8 Å². The van der Waals surface area contributed by atoms with Crippen LogP contribution in [0.4, 0.5) is 0 Å². The van der Waals surface area contributed by atoms with Gasteiger partial charge in [0.25, 0.3) is 0 Å². The van der Waals surface area contributed by atoms with Crippen molar-refractivity contribution >= 4 is 18.5 Å². The quantitative estimate of drug-likeness (QED) is 0.799. The van der Waals surface area contributed by atoms with Crippen LogP contribution in [0.25, 0.3) is 0 Å². The highest BCUT2D eigenvalue weighted by atomic mass is 32.1. The number of carbonyl (C=O) groups excluding carboxylic acids is 1. The lowest BCUT2D eigenvalue weighted by molar-refractivity contribution is -0.127. The lowest BCUT2D eigenvalue weighted by Gasteiger charge is -2.15. The first-order chi connectivity index (χ1) is 8.08. The van der Waals surface area contributed by atoms with Gasteiger partial charge >= 0.3 is 0 Å². The molecule has 1 unspecified atom stereocenters. The predicted octanol–water partition coefficient (Wildman–Crippen LogP) is 3.01. The molecule has 1 aliphatic heterocycles. The van der Waals surface area contributed by atoms with E-state index in [1.54, 1.807) is 6.92 Å². The minimum absolute atomic E-state index is 0.186. The first kappa shape index (κ1) is 12.5. The average molecular weight is 249 g/mol. The molecule has 2 rings (SSSR count). The van der Waals surface area contributed by atoms with Crippen LogP contribution >= 0.6 is 12.6 Å². The normalized spacial score (nSPS) is 21.6. The van der Waals surface area contributed by atoms with E-state index in [1.807, 2.05) is 4.90 Å². The summed E-state index contributed by atoms with van der Waals surface area (Å²) in [4.78, 5) is 13.2. The molecule has 1 aromatic rings. The highest BCUT2D eigenvalue weighted by Crippen LogP contribution is 2.29. The number of hydrogen-bond acceptors (Lipinski definition) is 2. The number of thiol groups is 1. The van der Waals surface area contributed by atoms with Gasteiger partial charge in [0, 0.05) is 31.2 Å².